The van der Waals surface area contributed by atoms with Gasteiger partial charge in [-0.15, -0.1) is 0 Å². The van der Waals surface area contributed by atoms with Crippen LogP contribution in [0.15, 0.2) is 48.5 Å². The second kappa shape index (κ2) is 9.47. The zero-order valence-corrected chi connectivity index (χ0v) is 14.7. The Labute approximate surface area is 148 Å². The molecule has 0 fully saturated rings. The van der Waals surface area contributed by atoms with E-state index in [1.54, 1.807) is 12.1 Å². The molecule has 0 unspecified atom stereocenters. The first-order valence-corrected chi connectivity index (χ1v) is 8.46. The van der Waals surface area contributed by atoms with E-state index in [0.717, 1.165) is 30.6 Å². The van der Waals surface area contributed by atoms with E-state index in [2.05, 4.69) is 17.6 Å². The highest BCUT2D eigenvalue weighted by molar-refractivity contribution is 5.98. The van der Waals surface area contributed by atoms with Gasteiger partial charge in [-0.1, -0.05) is 43.2 Å². The van der Waals surface area contributed by atoms with Crippen LogP contribution in [-0.4, -0.2) is 25.0 Å². The number of unbranched alkanes of at least 4 members (excludes halogenated alkanes) is 1. The molecule has 5 nitrogen and oxygen atoms in total. The van der Waals surface area contributed by atoms with Crippen LogP contribution in [-0.2, 0) is 9.53 Å². The minimum atomic E-state index is -0.515. The van der Waals surface area contributed by atoms with Gasteiger partial charge in [-0.2, -0.15) is 0 Å². The van der Waals surface area contributed by atoms with Gasteiger partial charge in [-0.3, -0.25) is 4.79 Å². The zero-order chi connectivity index (χ0) is 18.1. The van der Waals surface area contributed by atoms with E-state index in [1.165, 1.54) is 0 Å². The van der Waals surface area contributed by atoms with Crippen molar-refractivity contribution in [3.8, 4) is 0 Å². The fourth-order valence-electron chi connectivity index (χ4n) is 2.26. The van der Waals surface area contributed by atoms with Crippen LogP contribution in [0.2, 0.25) is 0 Å². The number of carbonyl (C=O) groups is 2. The predicted molar refractivity (Wildman–Crippen MR) is 99.9 cm³/mol. The zero-order valence-electron chi connectivity index (χ0n) is 14.7. The average Bonchev–Trinajstić information content (AvgIpc) is 2.62. The molecule has 1 amide bonds. The van der Waals surface area contributed by atoms with Gasteiger partial charge in [0.25, 0.3) is 5.91 Å². The summed E-state index contributed by atoms with van der Waals surface area (Å²) in [5, 5.41) is 5.93. The van der Waals surface area contributed by atoms with E-state index >= 15 is 0 Å². The topological polar surface area (TPSA) is 67.4 Å². The summed E-state index contributed by atoms with van der Waals surface area (Å²) in [6.45, 7) is 4.54. The van der Waals surface area contributed by atoms with Crippen LogP contribution in [0.3, 0.4) is 0 Å². The maximum Gasteiger partial charge on any atom is 0.340 e. The number of aryl methyl sites for hydroxylation is 1. The Bertz CT molecular complexity index is 711. The molecule has 0 aliphatic carbocycles. The fourth-order valence-corrected chi connectivity index (χ4v) is 2.26. The Balaban J connectivity index is 1.89. The molecular weight excluding hydrogens is 316 g/mol. The van der Waals surface area contributed by atoms with E-state index in [9.17, 15) is 9.59 Å². The molecule has 2 rings (SSSR count). The lowest BCUT2D eigenvalue weighted by Crippen LogP contribution is -2.21. The SMILES string of the molecule is CCCCNc1ccccc1C(=O)OCC(=O)Nc1ccc(C)cc1. The van der Waals surface area contributed by atoms with Gasteiger partial charge < -0.3 is 15.4 Å². The number of para-hydroxylation sites is 1. The summed E-state index contributed by atoms with van der Waals surface area (Å²) in [5.41, 5.74) is 2.94. The van der Waals surface area contributed by atoms with Gasteiger partial charge in [0.1, 0.15) is 0 Å². The number of esters is 1. The maximum atomic E-state index is 12.3. The van der Waals surface area contributed by atoms with Crippen molar-refractivity contribution < 1.29 is 14.3 Å². The summed E-state index contributed by atoms with van der Waals surface area (Å²) in [6.07, 6.45) is 2.08. The lowest BCUT2D eigenvalue weighted by Gasteiger charge is -2.11. The van der Waals surface area contributed by atoms with Crippen LogP contribution >= 0.6 is 0 Å². The van der Waals surface area contributed by atoms with Crippen LogP contribution in [0, 0.1) is 6.92 Å². The summed E-state index contributed by atoms with van der Waals surface area (Å²) in [7, 11) is 0. The molecule has 0 aliphatic heterocycles. The lowest BCUT2D eigenvalue weighted by atomic mass is 10.1. The number of nitrogens with one attached hydrogen (secondary N) is 2. The van der Waals surface area contributed by atoms with E-state index < -0.39 is 5.97 Å². The molecule has 2 aromatic carbocycles. The molecule has 0 saturated carbocycles. The number of amides is 1. The normalized spacial score (nSPS) is 10.2. The Morgan fingerprint density at radius 3 is 2.48 bits per heavy atom. The fraction of sp³-hybridized carbons (Fsp3) is 0.300. The number of ether oxygens (including phenoxy) is 1. The van der Waals surface area contributed by atoms with Crippen LogP contribution in [0.1, 0.15) is 35.7 Å². The highest BCUT2D eigenvalue weighted by Crippen LogP contribution is 2.16. The number of benzene rings is 2. The highest BCUT2D eigenvalue weighted by atomic mass is 16.5. The molecule has 2 N–H and O–H groups in total. The van der Waals surface area contributed by atoms with Crippen molar-refractivity contribution >= 4 is 23.3 Å². The van der Waals surface area contributed by atoms with Crippen LogP contribution < -0.4 is 10.6 Å². The molecule has 2 aromatic rings. The molecule has 0 spiro atoms. The lowest BCUT2D eigenvalue weighted by molar-refractivity contribution is -0.119. The second-order valence-corrected chi connectivity index (χ2v) is 5.82. The summed E-state index contributed by atoms with van der Waals surface area (Å²) < 4.78 is 5.14. The molecule has 0 heterocycles. The summed E-state index contributed by atoms with van der Waals surface area (Å²) in [5.74, 6) is -0.882. The van der Waals surface area contributed by atoms with Crippen molar-refractivity contribution in [2.75, 3.05) is 23.8 Å². The summed E-state index contributed by atoms with van der Waals surface area (Å²) >= 11 is 0. The molecule has 0 bridgehead atoms. The van der Waals surface area contributed by atoms with E-state index in [1.807, 2.05) is 43.3 Å². The molecule has 0 aliphatic rings. The molecule has 132 valence electrons. The summed E-state index contributed by atoms with van der Waals surface area (Å²) in [6, 6.07) is 14.6. The molecule has 25 heavy (non-hydrogen) atoms. The van der Waals surface area contributed by atoms with Crippen LogP contribution in [0.25, 0.3) is 0 Å². The quantitative estimate of drug-likeness (QED) is 0.563. The van der Waals surface area contributed by atoms with E-state index in [0.29, 0.717) is 11.3 Å². The first-order chi connectivity index (χ1) is 12.1. The smallest absolute Gasteiger partial charge is 0.340 e. The number of hydrogen-bond acceptors (Lipinski definition) is 4. The number of rotatable bonds is 8. The van der Waals surface area contributed by atoms with Gasteiger partial charge >= 0.3 is 5.97 Å². The van der Waals surface area contributed by atoms with Gasteiger partial charge in [0.2, 0.25) is 0 Å². The minimum absolute atomic E-state index is 0.323. The monoisotopic (exact) mass is 340 g/mol. The van der Waals surface area contributed by atoms with Crippen molar-refractivity contribution in [3.63, 3.8) is 0 Å². The van der Waals surface area contributed by atoms with Gasteiger partial charge in [-0.05, 0) is 37.6 Å². The standard InChI is InChI=1S/C20H24N2O3/c1-3-4-13-21-18-8-6-5-7-17(18)20(24)25-14-19(23)22-16-11-9-15(2)10-12-16/h5-12,21H,3-4,13-14H2,1-2H3,(H,22,23). The number of hydrogen-bond donors (Lipinski definition) is 2. The van der Waals surface area contributed by atoms with Crippen LogP contribution in [0.5, 0.6) is 0 Å². The third-order valence-corrected chi connectivity index (χ3v) is 3.66. The number of anilines is 2. The predicted octanol–water partition coefficient (Wildman–Crippen LogP) is 4.00. The first kappa shape index (κ1) is 18.5. The molecule has 5 heteroatoms. The van der Waals surface area contributed by atoms with Gasteiger partial charge in [0.15, 0.2) is 6.61 Å². The van der Waals surface area contributed by atoms with Crippen molar-refractivity contribution in [1.82, 2.24) is 0 Å². The van der Waals surface area contributed by atoms with E-state index in [-0.39, 0.29) is 12.5 Å². The Morgan fingerprint density at radius 1 is 1.04 bits per heavy atom. The van der Waals surface area contributed by atoms with Crippen molar-refractivity contribution in [2.24, 2.45) is 0 Å². The van der Waals surface area contributed by atoms with Gasteiger partial charge in [-0.25, -0.2) is 4.79 Å². The van der Waals surface area contributed by atoms with Crippen molar-refractivity contribution in [1.29, 1.82) is 0 Å². The molecular formula is C20H24N2O3. The van der Waals surface area contributed by atoms with Gasteiger partial charge in [0, 0.05) is 17.9 Å². The first-order valence-electron chi connectivity index (χ1n) is 8.46. The molecule has 0 atom stereocenters. The maximum absolute atomic E-state index is 12.3. The third kappa shape index (κ3) is 5.95. The second-order valence-electron chi connectivity index (χ2n) is 5.82. The Morgan fingerprint density at radius 2 is 1.76 bits per heavy atom. The summed E-state index contributed by atoms with van der Waals surface area (Å²) in [4.78, 5) is 24.2. The molecule has 0 saturated heterocycles. The minimum Gasteiger partial charge on any atom is -0.452 e. The molecule has 0 aromatic heterocycles. The number of carbonyl (C=O) groups excluding carboxylic acids is 2. The van der Waals surface area contributed by atoms with Crippen molar-refractivity contribution in [2.45, 2.75) is 26.7 Å². The van der Waals surface area contributed by atoms with Crippen LogP contribution in [0.4, 0.5) is 11.4 Å². The average molecular weight is 340 g/mol. The largest absolute Gasteiger partial charge is 0.452 e. The highest BCUT2D eigenvalue weighted by Gasteiger charge is 2.14. The van der Waals surface area contributed by atoms with Crippen molar-refractivity contribution in [3.05, 3.63) is 59.7 Å². The Hall–Kier alpha value is -2.82. The Kier molecular flexibility index (Phi) is 7.01. The van der Waals surface area contributed by atoms with E-state index in [4.69, 9.17) is 4.74 Å². The molecule has 0 radical (unpaired) electrons. The third-order valence-electron chi connectivity index (χ3n) is 3.66. The van der Waals surface area contributed by atoms with Gasteiger partial charge in [0.05, 0.1) is 5.56 Å².